The van der Waals surface area contributed by atoms with Gasteiger partial charge in [0, 0.05) is 36.3 Å². The number of fused-ring (bicyclic) bond motifs is 1. The molecule has 9 heteroatoms. The van der Waals surface area contributed by atoms with Gasteiger partial charge in [-0.3, -0.25) is 14.5 Å². The van der Waals surface area contributed by atoms with Crippen LogP contribution in [0.3, 0.4) is 0 Å². The number of carbonyl (C=O) groups excluding carboxylic acids is 3. The van der Waals surface area contributed by atoms with Gasteiger partial charge in [-0.1, -0.05) is 30.3 Å². The third-order valence-electron chi connectivity index (χ3n) is 6.76. The number of nitrogens with zero attached hydrogens (tertiary/aromatic N) is 1. The van der Waals surface area contributed by atoms with Crippen LogP contribution >= 0.6 is 0 Å². The number of nitrogens with one attached hydrogen (secondary N) is 2. The number of methoxy groups -OCH3 is 3. The number of benzene rings is 2. The molecule has 3 unspecified atom stereocenters. The maximum atomic E-state index is 13.1. The molecular formula is C26H31N3O6. The summed E-state index contributed by atoms with van der Waals surface area (Å²) in [6.45, 7) is 0.336. The van der Waals surface area contributed by atoms with Gasteiger partial charge < -0.3 is 24.8 Å². The van der Waals surface area contributed by atoms with Crippen molar-refractivity contribution in [1.29, 1.82) is 0 Å². The quantitative estimate of drug-likeness (QED) is 0.600. The Morgan fingerprint density at radius 1 is 1.03 bits per heavy atom. The number of carbonyl (C=O) groups is 3. The number of amides is 4. The van der Waals surface area contributed by atoms with Crippen molar-refractivity contribution in [2.75, 3.05) is 33.2 Å². The number of hydrogen-bond acceptors (Lipinski definition) is 6. The van der Waals surface area contributed by atoms with Gasteiger partial charge in [0.1, 0.15) is 0 Å². The van der Waals surface area contributed by atoms with E-state index in [4.69, 9.17) is 14.2 Å². The predicted octanol–water partition coefficient (Wildman–Crippen LogP) is 3.23. The number of imide groups is 1. The lowest BCUT2D eigenvalue weighted by Crippen LogP contribution is -2.62. The minimum atomic E-state index is -0.391. The first kappa shape index (κ1) is 24.4. The van der Waals surface area contributed by atoms with Crippen molar-refractivity contribution in [3.05, 3.63) is 48.0 Å². The Labute approximate surface area is 204 Å². The Balaban J connectivity index is 1.39. The number of anilines is 1. The molecule has 35 heavy (non-hydrogen) atoms. The van der Waals surface area contributed by atoms with E-state index in [1.807, 2.05) is 30.3 Å². The van der Waals surface area contributed by atoms with Gasteiger partial charge in [-0.2, -0.15) is 0 Å². The van der Waals surface area contributed by atoms with Crippen LogP contribution in [-0.2, 0) is 16.0 Å². The molecule has 4 amide bonds. The summed E-state index contributed by atoms with van der Waals surface area (Å²) in [6, 6.07) is 12.4. The fourth-order valence-electron chi connectivity index (χ4n) is 4.90. The Kier molecular flexibility index (Phi) is 7.43. The molecule has 2 aromatic rings. The fraction of sp³-hybridized carbons (Fsp3) is 0.423. The molecule has 0 spiro atoms. The van der Waals surface area contributed by atoms with E-state index in [2.05, 4.69) is 10.6 Å². The normalized spacial score (nSPS) is 21.6. The maximum absolute atomic E-state index is 13.1. The van der Waals surface area contributed by atoms with Crippen molar-refractivity contribution >= 4 is 23.5 Å². The van der Waals surface area contributed by atoms with Gasteiger partial charge in [-0.05, 0) is 31.2 Å². The summed E-state index contributed by atoms with van der Waals surface area (Å²) in [6.07, 6.45) is 2.12. The molecule has 1 saturated carbocycles. The van der Waals surface area contributed by atoms with Crippen molar-refractivity contribution in [3.63, 3.8) is 0 Å². The van der Waals surface area contributed by atoms with Crippen molar-refractivity contribution in [3.8, 4) is 17.2 Å². The van der Waals surface area contributed by atoms with Gasteiger partial charge in [0.2, 0.25) is 17.6 Å². The highest BCUT2D eigenvalue weighted by Crippen LogP contribution is 2.40. The molecule has 2 aliphatic rings. The van der Waals surface area contributed by atoms with Crippen LogP contribution in [-0.4, -0.2) is 56.7 Å². The Morgan fingerprint density at radius 3 is 2.34 bits per heavy atom. The molecule has 1 heterocycles. The Hall–Kier alpha value is -3.75. The molecule has 9 nitrogen and oxygen atoms in total. The molecule has 186 valence electrons. The van der Waals surface area contributed by atoms with Crippen molar-refractivity contribution in [2.24, 2.45) is 11.8 Å². The van der Waals surface area contributed by atoms with Crippen LogP contribution < -0.4 is 24.8 Å². The van der Waals surface area contributed by atoms with Crippen LogP contribution in [0.25, 0.3) is 0 Å². The van der Waals surface area contributed by atoms with Crippen LogP contribution in [0.5, 0.6) is 17.2 Å². The summed E-state index contributed by atoms with van der Waals surface area (Å²) in [5, 5.41) is 5.88. The van der Waals surface area contributed by atoms with E-state index in [1.54, 1.807) is 12.1 Å². The topological polar surface area (TPSA) is 106 Å². The largest absolute Gasteiger partial charge is 0.493 e. The summed E-state index contributed by atoms with van der Waals surface area (Å²) < 4.78 is 16.0. The van der Waals surface area contributed by atoms with Crippen LogP contribution in [0.2, 0.25) is 0 Å². The molecule has 3 atom stereocenters. The number of urea groups is 1. The molecule has 2 fully saturated rings. The van der Waals surface area contributed by atoms with Crippen LogP contribution in [0.1, 0.15) is 24.8 Å². The van der Waals surface area contributed by atoms with Crippen LogP contribution in [0, 0.1) is 11.8 Å². The number of rotatable bonds is 8. The van der Waals surface area contributed by atoms with Gasteiger partial charge >= 0.3 is 6.03 Å². The molecule has 0 bridgehead atoms. The summed E-state index contributed by atoms with van der Waals surface area (Å²) in [5.41, 5.74) is 1.59. The first-order chi connectivity index (χ1) is 16.9. The van der Waals surface area contributed by atoms with Gasteiger partial charge in [-0.15, -0.1) is 0 Å². The van der Waals surface area contributed by atoms with Gasteiger partial charge in [0.25, 0.3) is 0 Å². The zero-order chi connectivity index (χ0) is 24.9. The van der Waals surface area contributed by atoms with Crippen molar-refractivity contribution < 1.29 is 28.6 Å². The van der Waals surface area contributed by atoms with Gasteiger partial charge in [0.05, 0.1) is 27.2 Å². The van der Waals surface area contributed by atoms with Crippen molar-refractivity contribution in [2.45, 2.75) is 31.7 Å². The molecule has 2 N–H and O–H groups in total. The second kappa shape index (κ2) is 10.7. The average molecular weight is 482 g/mol. The highest BCUT2D eigenvalue weighted by Gasteiger charge is 2.45. The molecular weight excluding hydrogens is 450 g/mol. The number of hydrogen-bond donors (Lipinski definition) is 2. The van der Waals surface area contributed by atoms with E-state index >= 15 is 0 Å². The summed E-state index contributed by atoms with van der Waals surface area (Å²) in [7, 11) is 4.53. The third kappa shape index (κ3) is 5.18. The van der Waals surface area contributed by atoms with E-state index < -0.39 is 6.03 Å². The van der Waals surface area contributed by atoms with E-state index in [-0.39, 0.29) is 29.7 Å². The number of ether oxygens (including phenoxy) is 3. The highest BCUT2D eigenvalue weighted by atomic mass is 16.5. The Bertz CT molecular complexity index is 1060. The molecule has 4 rings (SSSR count). The SMILES string of the molecule is COc1cc(NC(=O)C2CCC3C(=O)N(CCc4ccccc4)C(=O)NC3C2)cc(OC)c1OC. The van der Waals surface area contributed by atoms with E-state index in [0.717, 1.165) is 5.56 Å². The first-order valence-corrected chi connectivity index (χ1v) is 11.7. The van der Waals surface area contributed by atoms with Crippen LogP contribution in [0.15, 0.2) is 42.5 Å². The lowest BCUT2D eigenvalue weighted by Gasteiger charge is -2.42. The molecule has 1 aliphatic heterocycles. The zero-order valence-electron chi connectivity index (χ0n) is 20.2. The fourth-order valence-corrected chi connectivity index (χ4v) is 4.90. The Morgan fingerprint density at radius 2 is 1.71 bits per heavy atom. The molecule has 1 aliphatic carbocycles. The summed E-state index contributed by atoms with van der Waals surface area (Å²) in [4.78, 5) is 40.1. The lowest BCUT2D eigenvalue weighted by molar-refractivity contribution is -0.138. The standard InChI is InChI=1S/C26H31N3O6/c1-33-21-14-18(15-22(34-2)23(21)35-3)27-24(30)17-9-10-19-20(13-17)28-26(32)29(25(19)31)12-11-16-7-5-4-6-8-16/h4-8,14-15,17,19-20H,9-13H2,1-3H3,(H,27,30)(H,28,32). The third-order valence-corrected chi connectivity index (χ3v) is 6.76. The molecule has 0 aromatic heterocycles. The highest BCUT2D eigenvalue weighted by molar-refractivity contribution is 5.99. The molecule has 2 aromatic carbocycles. The monoisotopic (exact) mass is 481 g/mol. The van der Waals surface area contributed by atoms with Gasteiger partial charge in [-0.25, -0.2) is 4.79 Å². The second-order valence-electron chi connectivity index (χ2n) is 8.80. The van der Waals surface area contributed by atoms with E-state index in [0.29, 0.717) is 55.2 Å². The first-order valence-electron chi connectivity index (χ1n) is 11.7. The summed E-state index contributed by atoms with van der Waals surface area (Å²) >= 11 is 0. The second-order valence-corrected chi connectivity index (χ2v) is 8.80. The van der Waals surface area contributed by atoms with E-state index in [1.165, 1.54) is 26.2 Å². The smallest absolute Gasteiger partial charge is 0.324 e. The van der Waals surface area contributed by atoms with Crippen LogP contribution in [0.4, 0.5) is 10.5 Å². The lowest BCUT2D eigenvalue weighted by atomic mass is 9.76. The zero-order valence-corrected chi connectivity index (χ0v) is 20.2. The molecule has 1 saturated heterocycles. The minimum Gasteiger partial charge on any atom is -0.493 e. The average Bonchev–Trinajstić information content (AvgIpc) is 2.88. The molecule has 0 radical (unpaired) electrons. The van der Waals surface area contributed by atoms with E-state index in [9.17, 15) is 14.4 Å². The van der Waals surface area contributed by atoms with Crippen molar-refractivity contribution in [1.82, 2.24) is 10.2 Å². The van der Waals surface area contributed by atoms with Gasteiger partial charge in [0.15, 0.2) is 11.5 Å². The predicted molar refractivity (Wildman–Crippen MR) is 130 cm³/mol. The minimum absolute atomic E-state index is 0.154. The maximum Gasteiger partial charge on any atom is 0.324 e. The summed E-state index contributed by atoms with van der Waals surface area (Å²) in [5.74, 6) is 0.337.